The van der Waals surface area contributed by atoms with Crippen LogP contribution in [0.2, 0.25) is 0 Å². The minimum absolute atomic E-state index is 0.0658. The molecule has 0 fully saturated rings. The highest BCUT2D eigenvalue weighted by molar-refractivity contribution is 8.00. The van der Waals surface area contributed by atoms with E-state index < -0.39 is 0 Å². The Balaban J connectivity index is 1.83. The van der Waals surface area contributed by atoms with E-state index in [9.17, 15) is 4.79 Å². The average Bonchev–Trinajstić information content (AvgIpc) is 3.13. The maximum Gasteiger partial charge on any atom is 0.210 e. The van der Waals surface area contributed by atoms with Gasteiger partial charge in [0.2, 0.25) is 5.16 Å². The van der Waals surface area contributed by atoms with Crippen molar-refractivity contribution in [3.63, 3.8) is 0 Å². The third kappa shape index (κ3) is 3.16. The molecule has 0 aliphatic carbocycles. The summed E-state index contributed by atoms with van der Waals surface area (Å²) < 4.78 is 1.74. The van der Waals surface area contributed by atoms with E-state index in [2.05, 4.69) is 46.4 Å². The fraction of sp³-hybridized carbons (Fsp3) is 0.474. The van der Waals surface area contributed by atoms with E-state index in [4.69, 9.17) is 0 Å². The van der Waals surface area contributed by atoms with Crippen molar-refractivity contribution in [3.8, 4) is 0 Å². The molecule has 0 amide bonds. The van der Waals surface area contributed by atoms with E-state index in [1.807, 2.05) is 40.0 Å². The summed E-state index contributed by atoms with van der Waals surface area (Å²) in [5.41, 5.74) is 3.20. The van der Waals surface area contributed by atoms with Gasteiger partial charge in [-0.15, -0.1) is 5.10 Å². The molecular formula is C19H25N5OS. The summed E-state index contributed by atoms with van der Waals surface area (Å²) in [5, 5.41) is 12.2. The number of carbonyl (C=O) groups excluding carboxylic acids is 1. The Kier molecular flexibility index (Phi) is 4.92. The SMILES string of the molecule is CC(Sc1nnnn1C(C)C)C(=O)/C=C1/N(C)c2ccccc2C1(C)C. The second-order valence-corrected chi connectivity index (χ2v) is 8.70. The second-order valence-electron chi connectivity index (χ2n) is 7.39. The van der Waals surface area contributed by atoms with Gasteiger partial charge in [-0.05, 0) is 42.8 Å². The molecular weight excluding hydrogens is 346 g/mol. The lowest BCUT2D eigenvalue weighted by Crippen LogP contribution is -2.25. The van der Waals surface area contributed by atoms with Crippen molar-refractivity contribution in [1.29, 1.82) is 0 Å². The monoisotopic (exact) mass is 371 g/mol. The van der Waals surface area contributed by atoms with Gasteiger partial charge in [0.15, 0.2) is 5.78 Å². The highest BCUT2D eigenvalue weighted by Crippen LogP contribution is 2.46. The number of anilines is 1. The van der Waals surface area contributed by atoms with E-state index in [0.29, 0.717) is 5.16 Å². The Morgan fingerprint density at radius 1 is 1.23 bits per heavy atom. The van der Waals surface area contributed by atoms with Gasteiger partial charge in [0.25, 0.3) is 0 Å². The lowest BCUT2D eigenvalue weighted by molar-refractivity contribution is -0.114. The number of nitrogens with zero attached hydrogens (tertiary/aromatic N) is 5. The predicted octanol–water partition coefficient (Wildman–Crippen LogP) is 3.62. The van der Waals surface area contributed by atoms with E-state index in [0.717, 1.165) is 11.4 Å². The van der Waals surface area contributed by atoms with Crippen LogP contribution in [0.25, 0.3) is 0 Å². The number of allylic oxidation sites excluding steroid dienone is 2. The van der Waals surface area contributed by atoms with Gasteiger partial charge in [0.05, 0.1) is 11.3 Å². The number of likely N-dealkylation sites (N-methyl/N-ethyl adjacent to an activating group) is 1. The summed E-state index contributed by atoms with van der Waals surface area (Å²) >= 11 is 1.40. The minimum atomic E-state index is -0.265. The number of carbonyl (C=O) groups is 1. The predicted molar refractivity (Wildman–Crippen MR) is 104 cm³/mol. The molecule has 0 N–H and O–H groups in total. The van der Waals surface area contributed by atoms with Gasteiger partial charge >= 0.3 is 0 Å². The van der Waals surface area contributed by atoms with Crippen molar-refractivity contribution in [2.45, 2.75) is 56.5 Å². The van der Waals surface area contributed by atoms with Crippen molar-refractivity contribution in [1.82, 2.24) is 20.2 Å². The molecule has 138 valence electrons. The molecule has 7 heteroatoms. The number of para-hydroxylation sites is 1. The van der Waals surface area contributed by atoms with Crippen LogP contribution in [0.15, 0.2) is 41.2 Å². The molecule has 0 saturated heterocycles. The summed E-state index contributed by atoms with van der Waals surface area (Å²) in [7, 11) is 2.02. The second kappa shape index (κ2) is 6.87. The summed E-state index contributed by atoms with van der Waals surface area (Å²) in [6.07, 6.45) is 1.78. The highest BCUT2D eigenvalue weighted by Gasteiger charge is 2.38. The molecule has 0 saturated carbocycles. The van der Waals surface area contributed by atoms with Gasteiger partial charge in [-0.3, -0.25) is 4.79 Å². The van der Waals surface area contributed by atoms with Gasteiger partial charge in [-0.2, -0.15) is 0 Å². The van der Waals surface area contributed by atoms with Crippen LogP contribution in [-0.4, -0.2) is 38.3 Å². The van der Waals surface area contributed by atoms with Gasteiger partial charge < -0.3 is 4.90 Å². The highest BCUT2D eigenvalue weighted by atomic mass is 32.2. The summed E-state index contributed by atoms with van der Waals surface area (Å²) in [6, 6.07) is 8.45. The molecule has 1 aliphatic rings. The zero-order valence-electron chi connectivity index (χ0n) is 16.1. The Bertz CT molecular complexity index is 855. The normalized spacial score (nSPS) is 18.4. The summed E-state index contributed by atoms with van der Waals surface area (Å²) in [6.45, 7) is 10.2. The number of hydrogen-bond acceptors (Lipinski definition) is 6. The van der Waals surface area contributed by atoms with Crippen LogP contribution < -0.4 is 4.90 Å². The van der Waals surface area contributed by atoms with E-state index in [1.54, 1.807) is 10.8 Å². The summed E-state index contributed by atoms with van der Waals surface area (Å²) in [5.74, 6) is 0.0658. The third-order valence-electron chi connectivity index (χ3n) is 4.85. The molecule has 2 heterocycles. The first-order valence-electron chi connectivity index (χ1n) is 8.77. The van der Waals surface area contributed by atoms with Crippen molar-refractivity contribution < 1.29 is 4.79 Å². The zero-order valence-corrected chi connectivity index (χ0v) is 16.9. The first-order chi connectivity index (χ1) is 12.2. The molecule has 2 aromatic rings. The van der Waals surface area contributed by atoms with E-state index in [1.165, 1.54) is 17.3 Å². The molecule has 0 spiro atoms. The number of benzene rings is 1. The molecule has 0 radical (unpaired) electrons. The lowest BCUT2D eigenvalue weighted by atomic mass is 9.83. The standard InChI is InChI=1S/C19H25N5OS/c1-12(2)24-18(20-21-22-24)26-13(3)16(25)11-17-19(4,5)14-9-7-8-10-15(14)23(17)6/h7-13H,1-6H3/b17-11+. The van der Waals surface area contributed by atoms with Crippen LogP contribution in [0.5, 0.6) is 0 Å². The van der Waals surface area contributed by atoms with Gasteiger partial charge in [-0.1, -0.05) is 43.8 Å². The molecule has 1 aromatic heterocycles. The third-order valence-corrected chi connectivity index (χ3v) is 5.92. The fourth-order valence-corrected chi connectivity index (χ4v) is 4.25. The van der Waals surface area contributed by atoms with Crippen LogP contribution in [-0.2, 0) is 10.2 Å². The quantitative estimate of drug-likeness (QED) is 0.591. The number of aromatic nitrogens is 4. The molecule has 1 aromatic carbocycles. The maximum atomic E-state index is 12.9. The van der Waals surface area contributed by atoms with Crippen LogP contribution in [0, 0.1) is 0 Å². The number of ketones is 1. The van der Waals surface area contributed by atoms with Crippen LogP contribution in [0.1, 0.15) is 46.2 Å². The first-order valence-corrected chi connectivity index (χ1v) is 9.65. The van der Waals surface area contributed by atoms with E-state index in [-0.39, 0.29) is 22.5 Å². The van der Waals surface area contributed by atoms with Gasteiger partial charge in [0.1, 0.15) is 0 Å². The number of fused-ring (bicyclic) bond motifs is 1. The Hall–Kier alpha value is -2.15. The topological polar surface area (TPSA) is 63.9 Å². The molecule has 6 nitrogen and oxygen atoms in total. The first kappa shape index (κ1) is 18.6. The molecule has 3 rings (SSSR count). The smallest absolute Gasteiger partial charge is 0.210 e. The Morgan fingerprint density at radius 3 is 2.58 bits per heavy atom. The zero-order chi connectivity index (χ0) is 19.1. The van der Waals surface area contributed by atoms with Crippen LogP contribution in [0.3, 0.4) is 0 Å². The summed E-state index contributed by atoms with van der Waals surface area (Å²) in [4.78, 5) is 15.0. The van der Waals surface area contributed by atoms with Gasteiger partial charge in [0, 0.05) is 29.9 Å². The molecule has 26 heavy (non-hydrogen) atoms. The molecule has 1 unspecified atom stereocenters. The molecule has 0 bridgehead atoms. The molecule has 1 atom stereocenters. The maximum absolute atomic E-state index is 12.9. The number of hydrogen-bond donors (Lipinski definition) is 0. The number of thioether (sulfide) groups is 1. The van der Waals surface area contributed by atoms with Crippen molar-refractivity contribution in [2.24, 2.45) is 0 Å². The van der Waals surface area contributed by atoms with Crippen molar-refractivity contribution >= 4 is 23.2 Å². The molecule has 1 aliphatic heterocycles. The number of tetrazole rings is 1. The van der Waals surface area contributed by atoms with Gasteiger partial charge in [-0.25, -0.2) is 4.68 Å². The Labute approximate surface area is 158 Å². The van der Waals surface area contributed by atoms with E-state index >= 15 is 0 Å². The lowest BCUT2D eigenvalue weighted by Gasteiger charge is -2.24. The van der Waals surface area contributed by atoms with Crippen LogP contribution in [0.4, 0.5) is 5.69 Å². The number of rotatable bonds is 5. The average molecular weight is 372 g/mol. The van der Waals surface area contributed by atoms with Crippen LogP contribution >= 0.6 is 11.8 Å². The fourth-order valence-electron chi connectivity index (χ4n) is 3.31. The largest absolute Gasteiger partial charge is 0.347 e. The van der Waals surface area contributed by atoms with Crippen molar-refractivity contribution in [3.05, 3.63) is 41.6 Å². The Morgan fingerprint density at radius 2 is 1.92 bits per heavy atom. The van der Waals surface area contributed by atoms with Crippen molar-refractivity contribution in [2.75, 3.05) is 11.9 Å². The minimum Gasteiger partial charge on any atom is -0.347 e.